The van der Waals surface area contributed by atoms with Gasteiger partial charge in [0.05, 0.1) is 11.7 Å². The number of amides is 2. The minimum Gasteiger partial charge on any atom is -0.482 e. The summed E-state index contributed by atoms with van der Waals surface area (Å²) in [7, 11) is 0. The van der Waals surface area contributed by atoms with E-state index < -0.39 is 0 Å². The summed E-state index contributed by atoms with van der Waals surface area (Å²) < 4.78 is 5.43. The quantitative estimate of drug-likeness (QED) is 0.867. The van der Waals surface area contributed by atoms with Gasteiger partial charge in [0, 0.05) is 13.0 Å². The molecule has 136 valence electrons. The first-order valence-electron chi connectivity index (χ1n) is 8.96. The number of para-hydroxylation sites is 2. The van der Waals surface area contributed by atoms with Crippen molar-refractivity contribution in [2.45, 2.75) is 32.7 Å². The fraction of sp³-hybridized carbons (Fsp3) is 0.333. The summed E-state index contributed by atoms with van der Waals surface area (Å²) in [6.45, 7) is 4.45. The van der Waals surface area contributed by atoms with Gasteiger partial charge in [-0.3, -0.25) is 9.59 Å². The number of aryl methyl sites for hydroxylation is 1. The summed E-state index contributed by atoms with van der Waals surface area (Å²) >= 11 is 0. The number of anilines is 1. The molecule has 1 aliphatic rings. The molecule has 1 heterocycles. The first kappa shape index (κ1) is 18.0. The van der Waals surface area contributed by atoms with Crippen molar-refractivity contribution in [3.63, 3.8) is 0 Å². The van der Waals surface area contributed by atoms with Crippen molar-refractivity contribution in [3.05, 3.63) is 59.7 Å². The van der Waals surface area contributed by atoms with Gasteiger partial charge in [-0.1, -0.05) is 48.9 Å². The normalized spacial score (nSPS) is 14.4. The van der Waals surface area contributed by atoms with Gasteiger partial charge in [-0.05, 0) is 31.0 Å². The zero-order valence-corrected chi connectivity index (χ0v) is 15.2. The van der Waals surface area contributed by atoms with Crippen LogP contribution in [0.3, 0.4) is 0 Å². The Morgan fingerprint density at radius 3 is 2.65 bits per heavy atom. The molecule has 2 aromatic carbocycles. The van der Waals surface area contributed by atoms with Crippen molar-refractivity contribution in [3.8, 4) is 5.75 Å². The monoisotopic (exact) mass is 352 g/mol. The predicted molar refractivity (Wildman–Crippen MR) is 101 cm³/mol. The van der Waals surface area contributed by atoms with Crippen molar-refractivity contribution in [2.75, 3.05) is 18.1 Å². The van der Waals surface area contributed by atoms with Crippen LogP contribution in [0.4, 0.5) is 5.69 Å². The molecule has 0 saturated carbocycles. The van der Waals surface area contributed by atoms with Crippen LogP contribution in [0.1, 0.15) is 36.9 Å². The number of ether oxygens (including phenoxy) is 1. The highest BCUT2D eigenvalue weighted by Gasteiger charge is 2.25. The highest BCUT2D eigenvalue weighted by atomic mass is 16.5. The molecule has 0 aliphatic carbocycles. The first-order valence-corrected chi connectivity index (χ1v) is 8.96. The van der Waals surface area contributed by atoms with Gasteiger partial charge in [-0.15, -0.1) is 0 Å². The van der Waals surface area contributed by atoms with Gasteiger partial charge in [-0.25, -0.2) is 0 Å². The number of benzene rings is 2. The molecule has 5 heteroatoms. The molecule has 1 aliphatic heterocycles. The standard InChI is InChI=1S/C21H24N2O3/c1-3-17(16-10-8-15(2)9-11-16)22-20(24)12-13-23-18-6-4-5-7-19(18)26-14-21(23)25/h4-11,17H,3,12-14H2,1-2H3,(H,22,24)/t17-/m0/s1. The fourth-order valence-corrected chi connectivity index (χ4v) is 3.10. The van der Waals surface area contributed by atoms with Crippen molar-refractivity contribution in [1.29, 1.82) is 0 Å². The Balaban J connectivity index is 1.61. The molecule has 5 nitrogen and oxygen atoms in total. The second-order valence-electron chi connectivity index (χ2n) is 6.49. The van der Waals surface area contributed by atoms with E-state index in [1.54, 1.807) is 4.90 Å². The summed E-state index contributed by atoms with van der Waals surface area (Å²) in [6.07, 6.45) is 1.07. The van der Waals surface area contributed by atoms with Crippen LogP contribution in [0, 0.1) is 6.92 Å². The molecule has 0 saturated heterocycles. The molecule has 2 amide bonds. The number of nitrogens with zero attached hydrogens (tertiary/aromatic N) is 1. The lowest BCUT2D eigenvalue weighted by Crippen LogP contribution is -2.41. The number of fused-ring (bicyclic) bond motifs is 1. The van der Waals surface area contributed by atoms with Crippen LogP contribution >= 0.6 is 0 Å². The van der Waals surface area contributed by atoms with Gasteiger partial charge in [0.2, 0.25) is 5.91 Å². The SMILES string of the molecule is CC[C@H](NC(=O)CCN1C(=O)COc2ccccc21)c1ccc(C)cc1. The van der Waals surface area contributed by atoms with Crippen LogP contribution in [0.15, 0.2) is 48.5 Å². The minimum absolute atomic E-state index is 0.0135. The minimum atomic E-state index is -0.123. The molecule has 0 fully saturated rings. The zero-order chi connectivity index (χ0) is 18.5. The molecule has 0 spiro atoms. The van der Waals surface area contributed by atoms with Gasteiger partial charge in [0.1, 0.15) is 5.75 Å². The van der Waals surface area contributed by atoms with Crippen LogP contribution in [0.25, 0.3) is 0 Å². The van der Waals surface area contributed by atoms with Crippen molar-refractivity contribution in [1.82, 2.24) is 5.32 Å². The maximum atomic E-state index is 12.4. The molecular formula is C21H24N2O3. The summed E-state index contributed by atoms with van der Waals surface area (Å²) in [5.41, 5.74) is 3.01. The Bertz CT molecular complexity index is 786. The Morgan fingerprint density at radius 1 is 1.19 bits per heavy atom. The Hall–Kier alpha value is -2.82. The fourth-order valence-electron chi connectivity index (χ4n) is 3.10. The lowest BCUT2D eigenvalue weighted by Gasteiger charge is -2.29. The summed E-state index contributed by atoms with van der Waals surface area (Å²) in [5.74, 6) is 0.495. The van der Waals surface area contributed by atoms with E-state index in [2.05, 4.69) is 5.32 Å². The second-order valence-corrected chi connectivity index (χ2v) is 6.49. The molecule has 1 atom stereocenters. The predicted octanol–water partition coefficient (Wildman–Crippen LogP) is 3.38. The molecule has 3 rings (SSSR count). The summed E-state index contributed by atoms with van der Waals surface area (Å²) in [5, 5.41) is 3.07. The van der Waals surface area contributed by atoms with Crippen molar-refractivity contribution in [2.24, 2.45) is 0 Å². The molecule has 0 radical (unpaired) electrons. The van der Waals surface area contributed by atoms with E-state index in [0.717, 1.165) is 17.7 Å². The smallest absolute Gasteiger partial charge is 0.265 e. The molecule has 26 heavy (non-hydrogen) atoms. The summed E-state index contributed by atoms with van der Waals surface area (Å²) in [4.78, 5) is 26.2. The number of hydrogen-bond donors (Lipinski definition) is 1. The highest BCUT2D eigenvalue weighted by Crippen LogP contribution is 2.31. The lowest BCUT2D eigenvalue weighted by atomic mass is 10.0. The number of hydrogen-bond acceptors (Lipinski definition) is 3. The molecule has 0 aromatic heterocycles. The lowest BCUT2D eigenvalue weighted by molar-refractivity contribution is -0.122. The Kier molecular flexibility index (Phi) is 5.56. The van der Waals surface area contributed by atoms with E-state index in [-0.39, 0.29) is 30.9 Å². The average Bonchev–Trinajstić information content (AvgIpc) is 2.66. The first-order chi connectivity index (χ1) is 12.6. The molecular weight excluding hydrogens is 328 g/mol. The van der Waals surface area contributed by atoms with E-state index >= 15 is 0 Å². The van der Waals surface area contributed by atoms with Crippen molar-refractivity contribution >= 4 is 17.5 Å². The topological polar surface area (TPSA) is 58.6 Å². The number of carbonyl (C=O) groups is 2. The number of rotatable bonds is 6. The summed E-state index contributed by atoms with van der Waals surface area (Å²) in [6, 6.07) is 15.6. The second kappa shape index (κ2) is 8.04. The highest BCUT2D eigenvalue weighted by molar-refractivity contribution is 5.98. The number of nitrogens with one attached hydrogen (secondary N) is 1. The zero-order valence-electron chi connectivity index (χ0n) is 15.2. The van der Waals surface area contributed by atoms with Crippen LogP contribution in [0.5, 0.6) is 5.75 Å². The largest absolute Gasteiger partial charge is 0.482 e. The molecule has 1 N–H and O–H groups in total. The van der Waals surface area contributed by atoms with Gasteiger partial charge in [0.25, 0.3) is 5.91 Å². The number of carbonyl (C=O) groups excluding carboxylic acids is 2. The van der Waals surface area contributed by atoms with Crippen LogP contribution < -0.4 is 15.0 Å². The van der Waals surface area contributed by atoms with Gasteiger partial charge in [0.15, 0.2) is 6.61 Å². The average molecular weight is 352 g/mol. The third-order valence-corrected chi connectivity index (χ3v) is 4.59. The Labute approximate surface area is 154 Å². The van der Waals surface area contributed by atoms with E-state index in [1.165, 1.54) is 5.56 Å². The van der Waals surface area contributed by atoms with E-state index in [9.17, 15) is 9.59 Å². The van der Waals surface area contributed by atoms with E-state index in [0.29, 0.717) is 12.3 Å². The molecule has 2 aromatic rings. The van der Waals surface area contributed by atoms with E-state index in [1.807, 2.05) is 62.4 Å². The third kappa shape index (κ3) is 4.04. The maximum absolute atomic E-state index is 12.4. The Morgan fingerprint density at radius 2 is 1.92 bits per heavy atom. The third-order valence-electron chi connectivity index (χ3n) is 4.59. The van der Waals surface area contributed by atoms with Gasteiger partial charge in [-0.2, -0.15) is 0 Å². The molecule has 0 bridgehead atoms. The van der Waals surface area contributed by atoms with E-state index in [4.69, 9.17) is 4.74 Å². The molecule has 0 unspecified atom stereocenters. The van der Waals surface area contributed by atoms with Gasteiger partial charge >= 0.3 is 0 Å². The van der Waals surface area contributed by atoms with Crippen LogP contribution in [-0.4, -0.2) is 25.0 Å². The van der Waals surface area contributed by atoms with Crippen LogP contribution in [-0.2, 0) is 9.59 Å². The van der Waals surface area contributed by atoms with Crippen LogP contribution in [0.2, 0.25) is 0 Å². The van der Waals surface area contributed by atoms with Crippen molar-refractivity contribution < 1.29 is 14.3 Å². The van der Waals surface area contributed by atoms with Gasteiger partial charge < -0.3 is 15.0 Å². The maximum Gasteiger partial charge on any atom is 0.265 e.